The molecule has 1 N–H and O–H groups in total. The molecule has 2 aromatic carbocycles. The molecule has 0 aliphatic carbocycles. The Kier molecular flexibility index (Phi) is 7.29. The predicted octanol–water partition coefficient (Wildman–Crippen LogP) is 6.30. The Morgan fingerprint density at radius 1 is 1.13 bits per heavy atom. The third-order valence-electron chi connectivity index (χ3n) is 5.17. The maximum Gasteiger partial charge on any atom is 0.262 e. The number of carbonyl (C=O) groups is 1. The van der Waals surface area contributed by atoms with Crippen molar-refractivity contribution in [3.8, 4) is 5.75 Å². The number of hydrogen-bond acceptors (Lipinski definition) is 3. The van der Waals surface area contributed by atoms with Crippen LogP contribution in [0.5, 0.6) is 5.75 Å². The number of rotatable bonds is 7. The molecule has 0 aliphatic heterocycles. The fourth-order valence-corrected chi connectivity index (χ4v) is 3.94. The summed E-state index contributed by atoms with van der Waals surface area (Å²) in [6.45, 7) is 10.3. The van der Waals surface area contributed by atoms with Gasteiger partial charge in [0.15, 0.2) is 6.61 Å². The van der Waals surface area contributed by atoms with Crippen molar-refractivity contribution in [2.75, 3.05) is 11.9 Å². The maximum atomic E-state index is 12.6. The summed E-state index contributed by atoms with van der Waals surface area (Å²) in [5, 5.41) is 8.65. The molecule has 3 rings (SSSR count). The van der Waals surface area contributed by atoms with Gasteiger partial charge in [-0.2, -0.15) is 5.10 Å². The van der Waals surface area contributed by atoms with Gasteiger partial charge in [0.1, 0.15) is 5.75 Å². The van der Waals surface area contributed by atoms with Crippen LogP contribution in [0.3, 0.4) is 0 Å². The smallest absolute Gasteiger partial charge is 0.262 e. The van der Waals surface area contributed by atoms with Gasteiger partial charge in [0.2, 0.25) is 0 Å². The number of hydrogen-bond donors (Lipinski definition) is 1. The van der Waals surface area contributed by atoms with Crippen LogP contribution in [0.1, 0.15) is 47.8 Å². The number of halogens is 2. The zero-order chi connectivity index (χ0) is 22.7. The van der Waals surface area contributed by atoms with E-state index in [-0.39, 0.29) is 12.5 Å². The van der Waals surface area contributed by atoms with E-state index in [9.17, 15) is 4.79 Å². The van der Waals surface area contributed by atoms with Gasteiger partial charge < -0.3 is 10.1 Å². The summed E-state index contributed by atoms with van der Waals surface area (Å²) in [5.41, 5.74) is 5.16. The second kappa shape index (κ2) is 9.75. The van der Waals surface area contributed by atoms with E-state index in [0.29, 0.717) is 33.9 Å². The summed E-state index contributed by atoms with van der Waals surface area (Å²) in [5.74, 6) is 0.804. The lowest BCUT2D eigenvalue weighted by Crippen LogP contribution is -2.21. The topological polar surface area (TPSA) is 56.1 Å². The highest BCUT2D eigenvalue weighted by Crippen LogP contribution is 2.29. The third kappa shape index (κ3) is 5.41. The molecule has 0 saturated carbocycles. The lowest BCUT2D eigenvalue weighted by molar-refractivity contribution is -0.118. The second-order valence-corrected chi connectivity index (χ2v) is 8.75. The first-order valence-electron chi connectivity index (χ1n) is 10.2. The standard InChI is InChI=1S/C24H27Cl2N3O2/c1-14(2)18-10-9-15(3)11-22(18)31-13-23(30)27-24-16(4)28-29(17(24)5)12-19-20(25)7-6-8-21(19)26/h6-11,14H,12-13H2,1-5H3,(H,27,30). The van der Waals surface area contributed by atoms with Crippen molar-refractivity contribution in [2.45, 2.75) is 47.1 Å². The number of anilines is 1. The van der Waals surface area contributed by atoms with Gasteiger partial charge >= 0.3 is 0 Å². The Morgan fingerprint density at radius 3 is 2.45 bits per heavy atom. The van der Waals surface area contributed by atoms with Crippen LogP contribution in [-0.2, 0) is 11.3 Å². The molecule has 0 saturated heterocycles. The molecule has 0 unspecified atom stereocenters. The van der Waals surface area contributed by atoms with Crippen molar-refractivity contribution in [2.24, 2.45) is 0 Å². The summed E-state index contributed by atoms with van der Waals surface area (Å²) in [4.78, 5) is 12.6. The first-order chi connectivity index (χ1) is 14.7. The summed E-state index contributed by atoms with van der Waals surface area (Å²) >= 11 is 12.6. The van der Waals surface area contributed by atoms with Crippen LogP contribution in [0.4, 0.5) is 5.69 Å². The minimum Gasteiger partial charge on any atom is -0.483 e. The van der Waals surface area contributed by atoms with Crippen molar-refractivity contribution in [3.63, 3.8) is 0 Å². The molecular weight excluding hydrogens is 433 g/mol. The Balaban J connectivity index is 1.72. The van der Waals surface area contributed by atoms with Gasteiger partial charge in [-0.1, -0.05) is 55.2 Å². The molecule has 31 heavy (non-hydrogen) atoms. The lowest BCUT2D eigenvalue weighted by atomic mass is 10.0. The highest BCUT2D eigenvalue weighted by Gasteiger charge is 2.17. The maximum absolute atomic E-state index is 12.6. The summed E-state index contributed by atoms with van der Waals surface area (Å²) in [6, 6.07) is 11.5. The van der Waals surface area contributed by atoms with Crippen molar-refractivity contribution in [1.29, 1.82) is 0 Å². The number of amides is 1. The summed E-state index contributed by atoms with van der Waals surface area (Å²) < 4.78 is 7.64. The van der Waals surface area contributed by atoms with E-state index in [4.69, 9.17) is 27.9 Å². The second-order valence-electron chi connectivity index (χ2n) is 7.94. The fourth-order valence-electron chi connectivity index (χ4n) is 3.43. The number of benzene rings is 2. The largest absolute Gasteiger partial charge is 0.483 e. The first kappa shape index (κ1) is 23.2. The summed E-state index contributed by atoms with van der Waals surface area (Å²) in [6.07, 6.45) is 0. The van der Waals surface area contributed by atoms with Crippen LogP contribution in [0.15, 0.2) is 36.4 Å². The van der Waals surface area contributed by atoms with E-state index in [1.54, 1.807) is 22.9 Å². The molecule has 3 aromatic rings. The fraction of sp³-hybridized carbons (Fsp3) is 0.333. The Bertz CT molecular complexity index is 1090. The van der Waals surface area contributed by atoms with Gasteiger partial charge in [0.25, 0.3) is 5.91 Å². The molecule has 0 bridgehead atoms. The molecule has 7 heteroatoms. The zero-order valence-electron chi connectivity index (χ0n) is 18.4. The summed E-state index contributed by atoms with van der Waals surface area (Å²) in [7, 11) is 0. The highest BCUT2D eigenvalue weighted by molar-refractivity contribution is 6.35. The van der Waals surface area contributed by atoms with Gasteiger partial charge in [-0.15, -0.1) is 0 Å². The Labute approximate surface area is 193 Å². The molecule has 0 radical (unpaired) electrons. The number of nitrogens with zero attached hydrogens (tertiary/aromatic N) is 2. The van der Waals surface area contributed by atoms with Crippen LogP contribution in [0.25, 0.3) is 0 Å². The number of aryl methyl sites for hydroxylation is 2. The minimum absolute atomic E-state index is 0.0798. The van der Waals surface area contributed by atoms with Crippen LogP contribution < -0.4 is 10.1 Å². The molecule has 0 atom stereocenters. The average molecular weight is 460 g/mol. The van der Waals surface area contributed by atoms with Gasteiger partial charge in [0, 0.05) is 15.6 Å². The van der Waals surface area contributed by atoms with Crippen LogP contribution in [0.2, 0.25) is 10.0 Å². The van der Waals surface area contributed by atoms with Crippen molar-refractivity contribution < 1.29 is 9.53 Å². The van der Waals surface area contributed by atoms with E-state index in [1.165, 1.54) is 0 Å². The zero-order valence-corrected chi connectivity index (χ0v) is 19.9. The van der Waals surface area contributed by atoms with Gasteiger partial charge in [0.05, 0.1) is 23.6 Å². The van der Waals surface area contributed by atoms with Crippen molar-refractivity contribution >= 4 is 34.8 Å². The molecule has 1 aromatic heterocycles. The predicted molar refractivity (Wildman–Crippen MR) is 127 cm³/mol. The van der Waals surface area contributed by atoms with Gasteiger partial charge in [-0.25, -0.2) is 0 Å². The van der Waals surface area contributed by atoms with Crippen LogP contribution >= 0.6 is 23.2 Å². The monoisotopic (exact) mass is 459 g/mol. The van der Waals surface area contributed by atoms with E-state index >= 15 is 0 Å². The van der Waals surface area contributed by atoms with E-state index in [0.717, 1.165) is 28.1 Å². The normalized spacial score (nSPS) is 11.1. The lowest BCUT2D eigenvalue weighted by Gasteiger charge is -2.15. The molecule has 0 aliphatic rings. The molecule has 164 valence electrons. The Hall–Kier alpha value is -2.50. The molecule has 5 nitrogen and oxygen atoms in total. The van der Waals surface area contributed by atoms with Gasteiger partial charge in [-0.3, -0.25) is 9.48 Å². The number of nitrogens with one attached hydrogen (secondary N) is 1. The van der Waals surface area contributed by atoms with Crippen LogP contribution in [0, 0.1) is 20.8 Å². The highest BCUT2D eigenvalue weighted by atomic mass is 35.5. The first-order valence-corrected chi connectivity index (χ1v) is 10.9. The van der Waals surface area contributed by atoms with E-state index < -0.39 is 0 Å². The molecule has 1 heterocycles. The van der Waals surface area contributed by atoms with Gasteiger partial charge in [-0.05, 0) is 56.0 Å². The SMILES string of the molecule is Cc1ccc(C(C)C)c(OCC(=O)Nc2c(C)nn(Cc3c(Cl)cccc3Cl)c2C)c1. The third-order valence-corrected chi connectivity index (χ3v) is 5.87. The van der Waals surface area contributed by atoms with E-state index in [2.05, 4.69) is 30.3 Å². The minimum atomic E-state index is -0.238. The van der Waals surface area contributed by atoms with Crippen molar-refractivity contribution in [3.05, 3.63) is 74.5 Å². The molecular formula is C24H27Cl2N3O2. The number of aromatic nitrogens is 2. The quantitative estimate of drug-likeness (QED) is 0.450. The molecule has 0 fully saturated rings. The molecule has 0 spiro atoms. The average Bonchev–Trinajstić information content (AvgIpc) is 2.96. The van der Waals surface area contributed by atoms with Crippen LogP contribution in [-0.4, -0.2) is 22.3 Å². The number of ether oxygens (including phenoxy) is 1. The Morgan fingerprint density at radius 2 is 1.81 bits per heavy atom. The number of carbonyl (C=O) groups excluding carboxylic acids is 1. The van der Waals surface area contributed by atoms with Crippen molar-refractivity contribution in [1.82, 2.24) is 9.78 Å². The molecule has 1 amide bonds. The van der Waals surface area contributed by atoms with E-state index in [1.807, 2.05) is 32.9 Å².